The first-order valence-corrected chi connectivity index (χ1v) is 9.84. The van der Waals surface area contributed by atoms with E-state index in [4.69, 9.17) is 4.74 Å². The number of carbonyl (C=O) groups excluding carboxylic acids is 1. The predicted molar refractivity (Wildman–Crippen MR) is 107 cm³/mol. The van der Waals surface area contributed by atoms with E-state index in [0.717, 1.165) is 36.6 Å². The fourth-order valence-electron chi connectivity index (χ4n) is 4.14. The number of pyridine rings is 1. The Morgan fingerprint density at radius 2 is 1.93 bits per heavy atom. The second-order valence-electron chi connectivity index (χ2n) is 7.75. The molecule has 1 amide bonds. The van der Waals surface area contributed by atoms with Crippen LogP contribution in [0.25, 0.3) is 0 Å². The topological polar surface area (TPSA) is 54.5 Å². The number of rotatable bonds is 4. The smallest absolute Gasteiger partial charge is 0.228 e. The summed E-state index contributed by atoms with van der Waals surface area (Å²) in [6.07, 6.45) is 6.05. The van der Waals surface area contributed by atoms with Crippen LogP contribution in [0.2, 0.25) is 0 Å². The lowest BCUT2D eigenvalue weighted by Gasteiger charge is -2.36. The molecule has 142 valence electrons. The van der Waals surface area contributed by atoms with Crippen molar-refractivity contribution in [2.45, 2.75) is 51.7 Å². The number of nitrogens with zero attached hydrogens (tertiary/aromatic N) is 2. The highest BCUT2D eigenvalue weighted by Gasteiger charge is 2.23. The number of hydrogen-bond acceptors (Lipinski definition) is 4. The molecule has 1 N–H and O–H groups in total. The van der Waals surface area contributed by atoms with Crippen molar-refractivity contribution in [3.8, 4) is 0 Å². The maximum absolute atomic E-state index is 12.4. The van der Waals surface area contributed by atoms with Crippen molar-refractivity contribution >= 4 is 17.4 Å². The first-order chi connectivity index (χ1) is 13.1. The molecular weight excluding hydrogens is 338 g/mol. The molecule has 0 bridgehead atoms. The number of nitrogens with one attached hydrogen (secondary N) is 1. The Kier molecular flexibility index (Phi) is 5.12. The van der Waals surface area contributed by atoms with Gasteiger partial charge in [0.05, 0.1) is 30.5 Å². The fourth-order valence-corrected chi connectivity index (χ4v) is 4.14. The summed E-state index contributed by atoms with van der Waals surface area (Å²) in [5.74, 6) is 0.921. The van der Waals surface area contributed by atoms with Gasteiger partial charge in [-0.05, 0) is 61.9 Å². The van der Waals surface area contributed by atoms with Crippen LogP contribution < -0.4 is 10.2 Å². The monoisotopic (exact) mass is 365 g/mol. The average molecular weight is 365 g/mol. The highest BCUT2D eigenvalue weighted by molar-refractivity contribution is 5.92. The molecule has 0 spiro atoms. The number of carbonyl (C=O) groups is 1. The van der Waals surface area contributed by atoms with E-state index in [9.17, 15) is 4.79 Å². The molecule has 0 radical (unpaired) electrons. The van der Waals surface area contributed by atoms with Crippen molar-refractivity contribution < 1.29 is 9.53 Å². The first kappa shape index (κ1) is 18.0. The van der Waals surface area contributed by atoms with Crippen molar-refractivity contribution in [1.29, 1.82) is 0 Å². The maximum atomic E-state index is 12.4. The van der Waals surface area contributed by atoms with Crippen molar-refractivity contribution in [1.82, 2.24) is 4.98 Å². The largest absolute Gasteiger partial charge is 0.372 e. The summed E-state index contributed by atoms with van der Waals surface area (Å²) in [7, 11) is 0. The molecular formula is C22H27N3O2. The van der Waals surface area contributed by atoms with Gasteiger partial charge in [0.15, 0.2) is 0 Å². The minimum atomic E-state index is -0.00360. The van der Waals surface area contributed by atoms with E-state index in [-0.39, 0.29) is 18.1 Å². The summed E-state index contributed by atoms with van der Waals surface area (Å²) in [5.41, 5.74) is 4.65. The number of amides is 1. The Balaban J connectivity index is 1.36. The van der Waals surface area contributed by atoms with E-state index in [1.165, 1.54) is 24.0 Å². The van der Waals surface area contributed by atoms with E-state index in [1.54, 1.807) is 6.20 Å². The number of aryl methyl sites for hydroxylation is 2. The van der Waals surface area contributed by atoms with Gasteiger partial charge in [0.25, 0.3) is 0 Å². The molecule has 27 heavy (non-hydrogen) atoms. The van der Waals surface area contributed by atoms with E-state index >= 15 is 0 Å². The molecule has 1 aromatic heterocycles. The van der Waals surface area contributed by atoms with E-state index in [1.807, 2.05) is 12.1 Å². The zero-order valence-electron chi connectivity index (χ0n) is 16.1. The highest BCUT2D eigenvalue weighted by Crippen LogP contribution is 2.23. The number of hydrogen-bond donors (Lipinski definition) is 1. The molecule has 5 heteroatoms. The van der Waals surface area contributed by atoms with Crippen LogP contribution in [0.1, 0.15) is 37.0 Å². The van der Waals surface area contributed by atoms with Crippen molar-refractivity contribution in [2.24, 2.45) is 0 Å². The second kappa shape index (κ2) is 7.69. The van der Waals surface area contributed by atoms with Crippen LogP contribution in [0, 0.1) is 0 Å². The molecule has 2 heterocycles. The lowest BCUT2D eigenvalue weighted by atomic mass is 10.0. The van der Waals surface area contributed by atoms with Gasteiger partial charge < -0.3 is 15.0 Å². The van der Waals surface area contributed by atoms with Gasteiger partial charge in [0.1, 0.15) is 5.82 Å². The normalized spacial score (nSPS) is 21.8. The summed E-state index contributed by atoms with van der Waals surface area (Å²) in [6, 6.07) is 10.3. The number of morpholine rings is 1. The lowest BCUT2D eigenvalue weighted by molar-refractivity contribution is -0.115. The molecule has 1 aliphatic carbocycles. The van der Waals surface area contributed by atoms with E-state index in [0.29, 0.717) is 6.42 Å². The zero-order valence-corrected chi connectivity index (χ0v) is 16.1. The number of aromatic nitrogens is 1. The Morgan fingerprint density at radius 3 is 2.67 bits per heavy atom. The minimum absolute atomic E-state index is 0.00360. The molecule has 2 atom stereocenters. The molecule has 2 unspecified atom stereocenters. The van der Waals surface area contributed by atoms with Crippen LogP contribution in [0.4, 0.5) is 11.5 Å². The van der Waals surface area contributed by atoms with Gasteiger partial charge in [-0.25, -0.2) is 4.98 Å². The molecule has 4 rings (SSSR count). The third-order valence-electron chi connectivity index (χ3n) is 5.30. The summed E-state index contributed by atoms with van der Waals surface area (Å²) in [5, 5.41) is 2.96. The van der Waals surface area contributed by atoms with E-state index in [2.05, 4.69) is 47.2 Å². The summed E-state index contributed by atoms with van der Waals surface area (Å²) in [4.78, 5) is 19.2. The molecule has 0 saturated carbocycles. The summed E-state index contributed by atoms with van der Waals surface area (Å²) in [6.45, 7) is 5.83. The van der Waals surface area contributed by atoms with Crippen LogP contribution in [0.5, 0.6) is 0 Å². The Morgan fingerprint density at radius 1 is 1.15 bits per heavy atom. The standard InChI is InChI=1S/C22H27N3O2/c1-15-13-25(14-16(2)27-15)21-9-8-20(12-23-21)24-22(26)11-17-6-7-18-4-3-5-19(18)10-17/h6-10,12,15-16H,3-5,11,13-14H2,1-2H3,(H,24,26). The summed E-state index contributed by atoms with van der Waals surface area (Å²) < 4.78 is 5.77. The van der Waals surface area contributed by atoms with Gasteiger partial charge in [-0.15, -0.1) is 0 Å². The third-order valence-corrected chi connectivity index (χ3v) is 5.30. The van der Waals surface area contributed by atoms with Gasteiger partial charge in [0, 0.05) is 13.1 Å². The minimum Gasteiger partial charge on any atom is -0.372 e. The molecule has 5 nitrogen and oxygen atoms in total. The van der Waals surface area contributed by atoms with Gasteiger partial charge in [0.2, 0.25) is 5.91 Å². The number of fused-ring (bicyclic) bond motifs is 1. The fraction of sp³-hybridized carbons (Fsp3) is 0.455. The van der Waals surface area contributed by atoms with Gasteiger partial charge in [-0.3, -0.25) is 4.79 Å². The quantitative estimate of drug-likeness (QED) is 0.903. The van der Waals surface area contributed by atoms with Crippen LogP contribution >= 0.6 is 0 Å². The molecule has 1 saturated heterocycles. The van der Waals surface area contributed by atoms with Crippen LogP contribution in [0.3, 0.4) is 0 Å². The maximum Gasteiger partial charge on any atom is 0.228 e. The molecule has 1 fully saturated rings. The molecule has 1 aliphatic heterocycles. The van der Waals surface area contributed by atoms with Crippen molar-refractivity contribution in [3.63, 3.8) is 0 Å². The number of anilines is 2. The van der Waals surface area contributed by atoms with Crippen LogP contribution in [0.15, 0.2) is 36.5 Å². The summed E-state index contributed by atoms with van der Waals surface area (Å²) >= 11 is 0. The predicted octanol–water partition coefficient (Wildman–Crippen LogP) is 3.37. The first-order valence-electron chi connectivity index (χ1n) is 9.84. The molecule has 2 aromatic rings. The SMILES string of the molecule is CC1CN(c2ccc(NC(=O)Cc3ccc4c(c3)CCC4)cn2)CC(C)O1. The molecule has 2 aliphatic rings. The number of benzene rings is 1. The van der Waals surface area contributed by atoms with Gasteiger partial charge >= 0.3 is 0 Å². The van der Waals surface area contributed by atoms with E-state index < -0.39 is 0 Å². The highest BCUT2D eigenvalue weighted by atomic mass is 16.5. The van der Waals surface area contributed by atoms with Crippen molar-refractivity contribution in [3.05, 3.63) is 53.2 Å². The van der Waals surface area contributed by atoms with Gasteiger partial charge in [-0.2, -0.15) is 0 Å². The second-order valence-corrected chi connectivity index (χ2v) is 7.75. The average Bonchev–Trinajstić information content (AvgIpc) is 3.09. The van der Waals surface area contributed by atoms with Crippen LogP contribution in [-0.2, 0) is 28.8 Å². The van der Waals surface area contributed by atoms with Crippen molar-refractivity contribution in [2.75, 3.05) is 23.3 Å². The van der Waals surface area contributed by atoms with Gasteiger partial charge in [-0.1, -0.05) is 18.2 Å². The third kappa shape index (κ3) is 4.30. The Labute approximate surface area is 160 Å². The Hall–Kier alpha value is -2.40. The lowest BCUT2D eigenvalue weighted by Crippen LogP contribution is -2.45. The molecule has 1 aromatic carbocycles. The zero-order chi connectivity index (χ0) is 18.8. The van der Waals surface area contributed by atoms with Crippen LogP contribution in [-0.4, -0.2) is 36.2 Å². The Bertz CT molecular complexity index is 809. The number of ether oxygens (including phenoxy) is 1.